The number of anilines is 2. The van der Waals surface area contributed by atoms with Crippen LogP contribution in [-0.4, -0.2) is 76.9 Å². The predicted octanol–water partition coefficient (Wildman–Crippen LogP) is 2.35. The van der Waals surface area contributed by atoms with Gasteiger partial charge in [0, 0.05) is 50.9 Å². The Balaban J connectivity index is 1.33. The van der Waals surface area contributed by atoms with E-state index in [-0.39, 0.29) is 24.4 Å². The van der Waals surface area contributed by atoms with Crippen LogP contribution in [0.4, 0.5) is 16.2 Å². The summed E-state index contributed by atoms with van der Waals surface area (Å²) in [6, 6.07) is 12.9. The van der Waals surface area contributed by atoms with Crippen LogP contribution < -0.4 is 29.3 Å². The number of nitrogens with zero attached hydrogens (tertiary/aromatic N) is 3. The molecular formula is C24H30N4O5. The second kappa shape index (κ2) is 9.89. The van der Waals surface area contributed by atoms with Crippen LogP contribution in [0, 0.1) is 0 Å². The van der Waals surface area contributed by atoms with Gasteiger partial charge in [0.05, 0.1) is 33.1 Å². The number of methoxy groups -OCH3 is 3. The van der Waals surface area contributed by atoms with Crippen molar-refractivity contribution < 1.29 is 23.8 Å². The van der Waals surface area contributed by atoms with Crippen LogP contribution >= 0.6 is 0 Å². The first-order valence-electron chi connectivity index (χ1n) is 11.0. The highest BCUT2D eigenvalue weighted by molar-refractivity contribution is 5.97. The summed E-state index contributed by atoms with van der Waals surface area (Å²) in [5, 5.41) is 3.03. The third-order valence-corrected chi connectivity index (χ3v) is 6.12. The van der Waals surface area contributed by atoms with Gasteiger partial charge in [0.15, 0.2) is 11.5 Å². The summed E-state index contributed by atoms with van der Waals surface area (Å²) in [4.78, 5) is 31.2. The molecule has 9 nitrogen and oxygen atoms in total. The van der Waals surface area contributed by atoms with Gasteiger partial charge in [-0.2, -0.15) is 0 Å². The Morgan fingerprint density at radius 1 is 0.909 bits per heavy atom. The van der Waals surface area contributed by atoms with E-state index in [1.165, 1.54) is 0 Å². The van der Waals surface area contributed by atoms with Gasteiger partial charge in [0.2, 0.25) is 5.91 Å². The summed E-state index contributed by atoms with van der Waals surface area (Å²) in [6.45, 7) is 3.05. The number of ether oxygens (including phenoxy) is 3. The molecule has 2 aromatic rings. The highest BCUT2D eigenvalue weighted by Crippen LogP contribution is 2.33. The number of rotatable bonds is 6. The van der Waals surface area contributed by atoms with Gasteiger partial charge >= 0.3 is 6.03 Å². The molecule has 1 unspecified atom stereocenters. The molecule has 2 aliphatic heterocycles. The van der Waals surface area contributed by atoms with Gasteiger partial charge in [-0.1, -0.05) is 12.1 Å². The summed E-state index contributed by atoms with van der Waals surface area (Å²) in [5.74, 6) is 1.96. The Bertz CT molecular complexity index is 1010. The standard InChI is InChI=1S/C24H30N4O5/c1-31-20-7-5-4-6-19(20)26-10-12-27(13-11-26)24(30)25-17-14-23(29)28(16-17)18-8-9-21(32-2)22(15-18)33-3/h4-9,15,17H,10-14,16H2,1-3H3,(H,25,30). The summed E-state index contributed by atoms with van der Waals surface area (Å²) in [6.07, 6.45) is 0.265. The number of carbonyl (C=O) groups is 2. The Morgan fingerprint density at radius 3 is 2.30 bits per heavy atom. The Hall–Kier alpha value is -3.62. The summed E-state index contributed by atoms with van der Waals surface area (Å²) in [5.41, 5.74) is 1.76. The molecule has 2 aliphatic rings. The van der Waals surface area contributed by atoms with E-state index >= 15 is 0 Å². The molecule has 9 heteroatoms. The van der Waals surface area contributed by atoms with E-state index in [0.717, 1.165) is 30.2 Å². The van der Waals surface area contributed by atoms with Crippen molar-refractivity contribution >= 4 is 23.3 Å². The van der Waals surface area contributed by atoms with Crippen LogP contribution in [0.2, 0.25) is 0 Å². The minimum absolute atomic E-state index is 0.0338. The first-order chi connectivity index (χ1) is 16.0. The lowest BCUT2D eigenvalue weighted by atomic mass is 10.2. The number of piperazine rings is 1. The van der Waals surface area contributed by atoms with Crippen LogP contribution in [0.15, 0.2) is 42.5 Å². The van der Waals surface area contributed by atoms with Crippen LogP contribution in [0.5, 0.6) is 17.2 Å². The van der Waals surface area contributed by atoms with Crippen molar-refractivity contribution in [2.75, 3.05) is 63.9 Å². The van der Waals surface area contributed by atoms with Crippen LogP contribution in [0.1, 0.15) is 6.42 Å². The molecule has 0 spiro atoms. The van der Waals surface area contributed by atoms with E-state index in [9.17, 15) is 9.59 Å². The van der Waals surface area contributed by atoms with Crippen molar-refractivity contribution in [1.82, 2.24) is 10.2 Å². The van der Waals surface area contributed by atoms with Gasteiger partial charge in [0.25, 0.3) is 0 Å². The molecule has 1 N–H and O–H groups in total. The Morgan fingerprint density at radius 2 is 1.61 bits per heavy atom. The summed E-state index contributed by atoms with van der Waals surface area (Å²) in [7, 11) is 4.79. The van der Waals surface area contributed by atoms with E-state index in [4.69, 9.17) is 14.2 Å². The second-order valence-electron chi connectivity index (χ2n) is 8.04. The molecule has 2 saturated heterocycles. The molecule has 4 rings (SSSR count). The van der Waals surface area contributed by atoms with Gasteiger partial charge in [-0.3, -0.25) is 4.79 Å². The van der Waals surface area contributed by atoms with Gasteiger partial charge in [-0.15, -0.1) is 0 Å². The van der Waals surface area contributed by atoms with Gasteiger partial charge in [0.1, 0.15) is 5.75 Å². The molecule has 2 heterocycles. The average molecular weight is 455 g/mol. The second-order valence-corrected chi connectivity index (χ2v) is 8.04. The summed E-state index contributed by atoms with van der Waals surface area (Å²) < 4.78 is 16.1. The van der Waals surface area contributed by atoms with Crippen LogP contribution in [-0.2, 0) is 4.79 Å². The Labute approximate surface area is 193 Å². The molecule has 0 aromatic heterocycles. The van der Waals surface area contributed by atoms with Gasteiger partial charge < -0.3 is 34.2 Å². The topological polar surface area (TPSA) is 83.6 Å². The molecule has 3 amide bonds. The van der Waals surface area contributed by atoms with Crippen molar-refractivity contribution in [3.63, 3.8) is 0 Å². The van der Waals surface area contributed by atoms with Crippen molar-refractivity contribution in [2.45, 2.75) is 12.5 Å². The summed E-state index contributed by atoms with van der Waals surface area (Å²) >= 11 is 0. The number of nitrogens with one attached hydrogen (secondary N) is 1. The first kappa shape index (κ1) is 22.6. The highest BCUT2D eigenvalue weighted by Gasteiger charge is 2.33. The van der Waals surface area contributed by atoms with E-state index in [1.807, 2.05) is 30.3 Å². The van der Waals surface area contributed by atoms with E-state index < -0.39 is 0 Å². The molecule has 0 saturated carbocycles. The lowest BCUT2D eigenvalue weighted by molar-refractivity contribution is -0.117. The molecule has 2 fully saturated rings. The molecule has 1 atom stereocenters. The lowest BCUT2D eigenvalue weighted by Gasteiger charge is -2.37. The van der Waals surface area contributed by atoms with Crippen LogP contribution in [0.25, 0.3) is 0 Å². The number of benzene rings is 2. The molecular weight excluding hydrogens is 424 g/mol. The zero-order chi connectivity index (χ0) is 23.4. The number of para-hydroxylation sites is 2. The van der Waals surface area contributed by atoms with E-state index in [2.05, 4.69) is 10.2 Å². The predicted molar refractivity (Wildman–Crippen MR) is 126 cm³/mol. The Kier molecular flexibility index (Phi) is 6.76. The van der Waals surface area contributed by atoms with Crippen LogP contribution in [0.3, 0.4) is 0 Å². The minimum Gasteiger partial charge on any atom is -0.495 e. The number of hydrogen-bond acceptors (Lipinski definition) is 6. The highest BCUT2D eigenvalue weighted by atomic mass is 16.5. The average Bonchev–Trinajstić information content (AvgIpc) is 3.23. The molecule has 33 heavy (non-hydrogen) atoms. The monoisotopic (exact) mass is 454 g/mol. The zero-order valence-electron chi connectivity index (χ0n) is 19.2. The van der Waals surface area contributed by atoms with Crippen molar-refractivity contribution in [2.24, 2.45) is 0 Å². The maximum atomic E-state index is 12.9. The number of amides is 3. The normalized spacial score (nSPS) is 18.3. The minimum atomic E-state index is -0.245. The first-order valence-corrected chi connectivity index (χ1v) is 11.0. The molecule has 2 aromatic carbocycles. The molecule has 0 aliphatic carbocycles. The third-order valence-electron chi connectivity index (χ3n) is 6.12. The van der Waals surface area contributed by atoms with Crippen molar-refractivity contribution in [1.29, 1.82) is 0 Å². The van der Waals surface area contributed by atoms with E-state index in [1.54, 1.807) is 43.3 Å². The fourth-order valence-corrected chi connectivity index (χ4v) is 4.35. The maximum Gasteiger partial charge on any atom is 0.317 e. The quantitative estimate of drug-likeness (QED) is 0.722. The van der Waals surface area contributed by atoms with Crippen molar-refractivity contribution in [3.8, 4) is 17.2 Å². The lowest BCUT2D eigenvalue weighted by Crippen LogP contribution is -2.54. The zero-order valence-corrected chi connectivity index (χ0v) is 19.2. The molecule has 0 bridgehead atoms. The SMILES string of the molecule is COc1ccc(N2CC(NC(=O)N3CCN(c4ccccc4OC)CC3)CC2=O)cc1OC. The smallest absolute Gasteiger partial charge is 0.317 e. The van der Waals surface area contributed by atoms with Gasteiger partial charge in [-0.25, -0.2) is 4.79 Å². The largest absolute Gasteiger partial charge is 0.495 e. The fourth-order valence-electron chi connectivity index (χ4n) is 4.35. The number of urea groups is 1. The maximum absolute atomic E-state index is 12.9. The molecule has 176 valence electrons. The van der Waals surface area contributed by atoms with Crippen molar-refractivity contribution in [3.05, 3.63) is 42.5 Å². The number of carbonyl (C=O) groups excluding carboxylic acids is 2. The third kappa shape index (κ3) is 4.76. The molecule has 0 radical (unpaired) electrons. The van der Waals surface area contributed by atoms with E-state index in [0.29, 0.717) is 31.1 Å². The number of hydrogen-bond donors (Lipinski definition) is 1. The fraction of sp³-hybridized carbons (Fsp3) is 0.417. The van der Waals surface area contributed by atoms with Gasteiger partial charge in [-0.05, 0) is 24.3 Å².